The number of anilines is 1. The summed E-state index contributed by atoms with van der Waals surface area (Å²) in [5.74, 6) is 2.53. The van der Waals surface area contributed by atoms with Gasteiger partial charge >= 0.3 is 0 Å². The predicted octanol–water partition coefficient (Wildman–Crippen LogP) is 1.79. The van der Waals surface area contributed by atoms with Crippen LogP contribution in [0, 0.1) is 0 Å². The molecule has 7 nitrogen and oxygen atoms in total. The Hall–Kier alpha value is -2.15. The Balaban J connectivity index is 1.96. The van der Waals surface area contributed by atoms with E-state index in [9.17, 15) is 0 Å². The van der Waals surface area contributed by atoms with Crippen LogP contribution < -0.4 is 25.0 Å². The summed E-state index contributed by atoms with van der Waals surface area (Å²) in [5, 5.41) is 6.94. The van der Waals surface area contributed by atoms with E-state index in [1.165, 1.54) is 0 Å². The van der Waals surface area contributed by atoms with Crippen molar-refractivity contribution in [2.75, 3.05) is 65.4 Å². The number of hydrogen-bond acceptors (Lipinski definition) is 5. The third-order valence-corrected chi connectivity index (χ3v) is 4.87. The third-order valence-electron chi connectivity index (χ3n) is 4.87. The number of benzene rings is 1. The van der Waals surface area contributed by atoms with E-state index in [2.05, 4.69) is 53.5 Å². The van der Waals surface area contributed by atoms with Gasteiger partial charge in [-0.2, -0.15) is 0 Å². The predicted molar refractivity (Wildman–Crippen MR) is 112 cm³/mol. The Morgan fingerprint density at radius 1 is 1.22 bits per heavy atom. The van der Waals surface area contributed by atoms with Gasteiger partial charge in [0.15, 0.2) is 5.96 Å². The molecule has 152 valence electrons. The van der Waals surface area contributed by atoms with Crippen LogP contribution in [0.25, 0.3) is 0 Å². The fourth-order valence-corrected chi connectivity index (χ4v) is 3.09. The van der Waals surface area contributed by atoms with Crippen LogP contribution in [0.15, 0.2) is 23.2 Å². The first kappa shape index (κ1) is 21.2. The molecule has 0 aromatic heterocycles. The Labute approximate surface area is 163 Å². The Kier molecular flexibility index (Phi) is 8.51. The van der Waals surface area contributed by atoms with Gasteiger partial charge in [0.05, 0.1) is 20.8 Å². The number of nitrogens with one attached hydrogen (secondary N) is 2. The lowest BCUT2D eigenvalue weighted by Gasteiger charge is -2.21. The van der Waals surface area contributed by atoms with Gasteiger partial charge in [0, 0.05) is 56.1 Å². The normalized spacial score (nSPS) is 17.3. The second kappa shape index (κ2) is 10.9. The Bertz CT molecular complexity index is 586. The monoisotopic (exact) mass is 377 g/mol. The van der Waals surface area contributed by atoms with Crippen LogP contribution in [0.5, 0.6) is 11.5 Å². The van der Waals surface area contributed by atoms with Crippen LogP contribution in [0.4, 0.5) is 5.69 Å². The summed E-state index contributed by atoms with van der Waals surface area (Å²) in [6.45, 7) is 9.84. The minimum atomic E-state index is 0.365. The number of methoxy groups -OCH3 is 2. The maximum Gasteiger partial charge on any atom is 0.191 e. The van der Waals surface area contributed by atoms with Gasteiger partial charge in [-0.05, 0) is 26.9 Å². The van der Waals surface area contributed by atoms with E-state index in [1.54, 1.807) is 14.2 Å². The summed E-state index contributed by atoms with van der Waals surface area (Å²) in [4.78, 5) is 9.33. The summed E-state index contributed by atoms with van der Waals surface area (Å²) in [7, 11) is 5.48. The van der Waals surface area contributed by atoms with Crippen molar-refractivity contribution in [3.8, 4) is 11.5 Å². The van der Waals surface area contributed by atoms with Gasteiger partial charge < -0.3 is 29.9 Å². The highest BCUT2D eigenvalue weighted by atomic mass is 16.5. The lowest BCUT2D eigenvalue weighted by molar-refractivity contribution is 0.363. The molecule has 1 atom stereocenters. The molecule has 0 amide bonds. The van der Waals surface area contributed by atoms with Gasteiger partial charge in [-0.15, -0.1) is 0 Å². The van der Waals surface area contributed by atoms with Crippen LogP contribution in [-0.2, 0) is 0 Å². The standard InChI is InChI=1S/C20H35N5O2/c1-6-21-20(22-9-11-24(3)7-2)23-16-8-10-25(15-16)17-12-18(26-4)14-19(13-17)27-5/h12-14,16H,6-11,15H2,1-5H3,(H2,21,22,23). The molecule has 1 saturated heterocycles. The van der Waals surface area contributed by atoms with Crippen molar-refractivity contribution in [1.82, 2.24) is 15.5 Å². The lowest BCUT2D eigenvalue weighted by Crippen LogP contribution is -2.45. The minimum Gasteiger partial charge on any atom is -0.497 e. The molecular weight excluding hydrogens is 342 g/mol. The van der Waals surface area contributed by atoms with Crippen LogP contribution in [0.1, 0.15) is 20.3 Å². The molecule has 0 spiro atoms. The van der Waals surface area contributed by atoms with Gasteiger partial charge in [-0.3, -0.25) is 4.99 Å². The number of likely N-dealkylation sites (N-methyl/N-ethyl adjacent to an activating group) is 1. The van der Waals surface area contributed by atoms with Crippen molar-refractivity contribution in [3.05, 3.63) is 18.2 Å². The highest BCUT2D eigenvalue weighted by Gasteiger charge is 2.24. The molecule has 1 heterocycles. The van der Waals surface area contributed by atoms with Crippen molar-refractivity contribution in [3.63, 3.8) is 0 Å². The summed E-state index contributed by atoms with van der Waals surface area (Å²) in [5.41, 5.74) is 1.13. The van der Waals surface area contributed by atoms with E-state index in [0.717, 1.165) is 68.8 Å². The quantitative estimate of drug-likeness (QED) is 0.505. The molecule has 0 radical (unpaired) electrons. The zero-order chi connectivity index (χ0) is 19.6. The summed E-state index contributed by atoms with van der Waals surface area (Å²) in [6, 6.07) is 6.39. The topological polar surface area (TPSA) is 61.4 Å². The van der Waals surface area contributed by atoms with Crippen LogP contribution in [0.3, 0.4) is 0 Å². The first-order chi connectivity index (χ1) is 13.1. The van der Waals surface area contributed by atoms with Crippen molar-refractivity contribution in [2.45, 2.75) is 26.3 Å². The molecule has 0 bridgehead atoms. The second-order valence-corrected chi connectivity index (χ2v) is 6.80. The molecule has 1 aliphatic rings. The molecule has 1 aromatic rings. The number of guanidine groups is 1. The summed E-state index contributed by atoms with van der Waals surface area (Å²) in [6.07, 6.45) is 1.07. The average Bonchev–Trinajstić information content (AvgIpc) is 3.16. The van der Waals surface area contributed by atoms with E-state index in [-0.39, 0.29) is 0 Å². The SMILES string of the molecule is CCNC(=NCCN(C)CC)NC1CCN(c2cc(OC)cc(OC)c2)C1. The van der Waals surface area contributed by atoms with Gasteiger partial charge in [-0.1, -0.05) is 6.92 Å². The molecule has 0 saturated carbocycles. The highest BCUT2D eigenvalue weighted by Crippen LogP contribution is 2.30. The maximum absolute atomic E-state index is 5.40. The Morgan fingerprint density at radius 3 is 2.52 bits per heavy atom. The number of aliphatic imine (C=N–C) groups is 1. The highest BCUT2D eigenvalue weighted by molar-refractivity contribution is 5.80. The molecule has 1 aliphatic heterocycles. The lowest BCUT2D eigenvalue weighted by atomic mass is 10.2. The largest absolute Gasteiger partial charge is 0.497 e. The summed E-state index contributed by atoms with van der Waals surface area (Å²) < 4.78 is 10.8. The zero-order valence-electron chi connectivity index (χ0n) is 17.4. The van der Waals surface area contributed by atoms with Crippen LogP contribution >= 0.6 is 0 Å². The smallest absolute Gasteiger partial charge is 0.191 e. The molecule has 2 rings (SSSR count). The van der Waals surface area contributed by atoms with Crippen molar-refractivity contribution < 1.29 is 9.47 Å². The fourth-order valence-electron chi connectivity index (χ4n) is 3.09. The van der Waals surface area contributed by atoms with E-state index in [4.69, 9.17) is 14.5 Å². The van der Waals surface area contributed by atoms with Crippen LogP contribution in [-0.4, -0.2) is 77.4 Å². The molecule has 1 aromatic carbocycles. The maximum atomic E-state index is 5.40. The molecule has 27 heavy (non-hydrogen) atoms. The van der Waals surface area contributed by atoms with Crippen LogP contribution in [0.2, 0.25) is 0 Å². The number of rotatable bonds is 9. The van der Waals surface area contributed by atoms with Crippen molar-refractivity contribution >= 4 is 11.6 Å². The van der Waals surface area contributed by atoms with Crippen molar-refractivity contribution in [2.24, 2.45) is 4.99 Å². The molecular formula is C20H35N5O2. The van der Waals surface area contributed by atoms with Gasteiger partial charge in [0.25, 0.3) is 0 Å². The second-order valence-electron chi connectivity index (χ2n) is 6.80. The zero-order valence-corrected chi connectivity index (χ0v) is 17.4. The van der Waals surface area contributed by atoms with E-state index < -0.39 is 0 Å². The number of ether oxygens (including phenoxy) is 2. The first-order valence-corrected chi connectivity index (χ1v) is 9.81. The van der Waals surface area contributed by atoms with Gasteiger partial charge in [0.2, 0.25) is 0 Å². The van der Waals surface area contributed by atoms with E-state index in [1.807, 2.05) is 6.07 Å². The molecule has 1 unspecified atom stereocenters. The number of hydrogen-bond donors (Lipinski definition) is 2. The van der Waals surface area contributed by atoms with Gasteiger partial charge in [-0.25, -0.2) is 0 Å². The minimum absolute atomic E-state index is 0.365. The Morgan fingerprint density at radius 2 is 1.93 bits per heavy atom. The average molecular weight is 378 g/mol. The summed E-state index contributed by atoms with van der Waals surface area (Å²) >= 11 is 0. The molecule has 1 fully saturated rings. The first-order valence-electron chi connectivity index (χ1n) is 9.81. The molecule has 7 heteroatoms. The third kappa shape index (κ3) is 6.50. The number of nitrogens with zero attached hydrogens (tertiary/aromatic N) is 3. The fraction of sp³-hybridized carbons (Fsp3) is 0.650. The molecule has 0 aliphatic carbocycles. The molecule has 2 N–H and O–H groups in total. The van der Waals surface area contributed by atoms with Gasteiger partial charge in [0.1, 0.15) is 11.5 Å². The van der Waals surface area contributed by atoms with Crippen molar-refractivity contribution in [1.29, 1.82) is 0 Å². The van der Waals surface area contributed by atoms with E-state index >= 15 is 0 Å². The van der Waals surface area contributed by atoms with E-state index in [0.29, 0.717) is 6.04 Å².